The number of methoxy groups -OCH3 is 2. The molecular weight excluding hydrogens is 390 g/mol. The maximum atomic E-state index is 12.9. The molecule has 0 amide bonds. The summed E-state index contributed by atoms with van der Waals surface area (Å²) in [5.41, 5.74) is 6.42. The van der Waals surface area contributed by atoms with Gasteiger partial charge >= 0.3 is 0 Å². The van der Waals surface area contributed by atoms with Crippen molar-refractivity contribution >= 4 is 11.4 Å². The van der Waals surface area contributed by atoms with Crippen LogP contribution in [-0.4, -0.2) is 34.6 Å². The van der Waals surface area contributed by atoms with Gasteiger partial charge in [0.15, 0.2) is 22.9 Å². The number of Topliss-reactive ketones (excluding diaryl/α,β-unsaturated/α-hetero) is 1. The topological polar surface area (TPSA) is 65.7 Å². The van der Waals surface area contributed by atoms with Crippen molar-refractivity contribution in [1.29, 1.82) is 0 Å². The van der Waals surface area contributed by atoms with E-state index in [1.54, 1.807) is 24.9 Å². The quantitative estimate of drug-likeness (QED) is 0.488. The third-order valence-corrected chi connectivity index (χ3v) is 5.99. The molecule has 1 unspecified atom stereocenters. The third-order valence-electron chi connectivity index (χ3n) is 5.99. The van der Waals surface area contributed by atoms with Gasteiger partial charge in [-0.05, 0) is 42.5 Å². The summed E-state index contributed by atoms with van der Waals surface area (Å²) < 4.78 is 12.5. The Morgan fingerprint density at radius 3 is 2.48 bits per heavy atom. The number of nitrogens with zero attached hydrogens (tertiary/aromatic N) is 3. The van der Waals surface area contributed by atoms with Gasteiger partial charge in [0, 0.05) is 18.2 Å². The molecular formula is C25H23N3O3. The highest BCUT2D eigenvalue weighted by molar-refractivity contribution is 5.99. The lowest BCUT2D eigenvalue weighted by Gasteiger charge is -2.23. The summed E-state index contributed by atoms with van der Waals surface area (Å²) in [4.78, 5) is 17.8. The Bertz CT molecular complexity index is 1290. The van der Waals surface area contributed by atoms with Crippen molar-refractivity contribution in [2.24, 2.45) is 0 Å². The predicted molar refractivity (Wildman–Crippen MR) is 118 cm³/mol. The SMILES string of the molecule is COc1ccc(-c2cnn3cc4c(nc23)CC(c2ccc(C)cc2)CC4=O)cc1OC. The molecule has 1 aliphatic rings. The number of aromatic nitrogens is 3. The molecule has 6 nitrogen and oxygen atoms in total. The predicted octanol–water partition coefficient (Wildman–Crippen LogP) is 4.63. The second-order valence-electron chi connectivity index (χ2n) is 7.94. The fraction of sp³-hybridized carbons (Fsp3) is 0.240. The van der Waals surface area contributed by atoms with E-state index >= 15 is 0 Å². The van der Waals surface area contributed by atoms with E-state index in [1.165, 1.54) is 11.1 Å². The highest BCUT2D eigenvalue weighted by atomic mass is 16.5. The lowest BCUT2D eigenvalue weighted by molar-refractivity contribution is 0.0962. The van der Waals surface area contributed by atoms with Crippen molar-refractivity contribution in [3.63, 3.8) is 0 Å². The number of rotatable bonds is 4. The Kier molecular flexibility index (Phi) is 4.70. The van der Waals surface area contributed by atoms with Crippen molar-refractivity contribution in [2.45, 2.75) is 25.7 Å². The van der Waals surface area contributed by atoms with Gasteiger partial charge in [0.05, 0.1) is 31.7 Å². The largest absolute Gasteiger partial charge is 0.493 e. The zero-order chi connectivity index (χ0) is 21.5. The Balaban J connectivity index is 1.57. The van der Waals surface area contributed by atoms with Crippen molar-refractivity contribution < 1.29 is 14.3 Å². The molecule has 0 fully saturated rings. The van der Waals surface area contributed by atoms with Gasteiger partial charge in [0.2, 0.25) is 0 Å². The van der Waals surface area contributed by atoms with Crippen LogP contribution in [0.2, 0.25) is 0 Å². The molecule has 156 valence electrons. The first-order valence-electron chi connectivity index (χ1n) is 10.3. The molecule has 0 spiro atoms. The smallest absolute Gasteiger partial charge is 0.166 e. The van der Waals surface area contributed by atoms with E-state index in [9.17, 15) is 4.79 Å². The average molecular weight is 413 g/mol. The van der Waals surface area contributed by atoms with Crippen LogP contribution in [0, 0.1) is 6.92 Å². The van der Waals surface area contributed by atoms with Crippen molar-refractivity contribution in [3.8, 4) is 22.6 Å². The molecule has 2 aromatic carbocycles. The maximum absolute atomic E-state index is 12.9. The monoisotopic (exact) mass is 413 g/mol. The highest BCUT2D eigenvalue weighted by Crippen LogP contribution is 2.36. The molecule has 5 rings (SSSR count). The second kappa shape index (κ2) is 7.54. The van der Waals surface area contributed by atoms with Crippen LogP contribution < -0.4 is 9.47 Å². The van der Waals surface area contributed by atoms with Crippen LogP contribution in [0.5, 0.6) is 11.5 Å². The van der Waals surface area contributed by atoms with Crippen LogP contribution >= 0.6 is 0 Å². The fourth-order valence-corrected chi connectivity index (χ4v) is 4.26. The maximum Gasteiger partial charge on any atom is 0.166 e. The molecule has 0 bridgehead atoms. The van der Waals surface area contributed by atoms with Gasteiger partial charge < -0.3 is 9.47 Å². The zero-order valence-corrected chi connectivity index (χ0v) is 17.8. The Morgan fingerprint density at radius 2 is 1.74 bits per heavy atom. The van der Waals surface area contributed by atoms with Gasteiger partial charge in [0.1, 0.15) is 0 Å². The molecule has 4 aromatic rings. The third kappa shape index (κ3) is 3.34. The summed E-state index contributed by atoms with van der Waals surface area (Å²) in [6.45, 7) is 2.07. The molecule has 6 heteroatoms. The van der Waals surface area contributed by atoms with E-state index in [2.05, 4.69) is 36.3 Å². The Hall–Kier alpha value is -3.67. The van der Waals surface area contributed by atoms with Crippen molar-refractivity contribution in [3.05, 3.63) is 77.2 Å². The molecule has 0 saturated heterocycles. The first-order chi connectivity index (χ1) is 15.1. The summed E-state index contributed by atoms with van der Waals surface area (Å²) in [5, 5.41) is 4.45. The second-order valence-corrected chi connectivity index (χ2v) is 7.94. The molecule has 0 radical (unpaired) electrons. The summed E-state index contributed by atoms with van der Waals surface area (Å²) in [5.74, 6) is 1.57. The Morgan fingerprint density at radius 1 is 0.968 bits per heavy atom. The first kappa shape index (κ1) is 19.3. The molecule has 0 saturated carbocycles. The zero-order valence-electron chi connectivity index (χ0n) is 17.8. The standard InChI is InChI=1S/C25H23N3O3/c1-15-4-6-16(7-5-15)18-10-21-20(22(29)11-18)14-28-25(27-21)19(13-26-28)17-8-9-23(30-2)24(12-17)31-3/h4-9,12-14,18H,10-11H2,1-3H3. The molecule has 0 N–H and O–H groups in total. The van der Waals surface area contributed by atoms with Gasteiger partial charge in [-0.25, -0.2) is 9.50 Å². The summed E-state index contributed by atoms with van der Waals surface area (Å²) in [7, 11) is 3.23. The molecule has 2 aromatic heterocycles. The molecule has 31 heavy (non-hydrogen) atoms. The number of fused-ring (bicyclic) bond motifs is 2. The lowest BCUT2D eigenvalue weighted by atomic mass is 9.82. The van der Waals surface area contributed by atoms with E-state index < -0.39 is 0 Å². The van der Waals surface area contributed by atoms with Crippen LogP contribution in [0.15, 0.2) is 54.9 Å². The highest BCUT2D eigenvalue weighted by Gasteiger charge is 2.28. The Labute approximate surface area is 180 Å². The first-order valence-corrected chi connectivity index (χ1v) is 10.3. The number of hydrogen-bond donors (Lipinski definition) is 0. The van der Waals surface area contributed by atoms with E-state index in [0.717, 1.165) is 28.9 Å². The average Bonchev–Trinajstić information content (AvgIpc) is 3.20. The van der Waals surface area contributed by atoms with Crippen LogP contribution in [0.4, 0.5) is 0 Å². The number of aryl methyl sites for hydroxylation is 1. The van der Waals surface area contributed by atoms with Crippen LogP contribution in [0.3, 0.4) is 0 Å². The minimum atomic E-state index is 0.115. The van der Waals surface area contributed by atoms with Crippen LogP contribution in [-0.2, 0) is 6.42 Å². The van der Waals surface area contributed by atoms with Gasteiger partial charge in [0.25, 0.3) is 0 Å². The molecule has 0 aliphatic heterocycles. The number of carbonyl (C=O) groups is 1. The minimum absolute atomic E-state index is 0.115. The van der Waals surface area contributed by atoms with Crippen LogP contribution in [0.25, 0.3) is 16.8 Å². The van der Waals surface area contributed by atoms with Crippen molar-refractivity contribution in [2.75, 3.05) is 14.2 Å². The van der Waals surface area contributed by atoms with Gasteiger partial charge in [-0.2, -0.15) is 5.10 Å². The van der Waals surface area contributed by atoms with Gasteiger partial charge in [-0.15, -0.1) is 0 Å². The van der Waals surface area contributed by atoms with E-state index in [0.29, 0.717) is 23.5 Å². The van der Waals surface area contributed by atoms with E-state index in [4.69, 9.17) is 14.5 Å². The molecule has 2 heterocycles. The van der Waals surface area contributed by atoms with E-state index in [1.807, 2.05) is 24.4 Å². The number of ether oxygens (including phenoxy) is 2. The van der Waals surface area contributed by atoms with Crippen LogP contribution in [0.1, 0.15) is 39.5 Å². The fourth-order valence-electron chi connectivity index (χ4n) is 4.26. The number of carbonyl (C=O) groups excluding carboxylic acids is 1. The normalized spacial score (nSPS) is 15.7. The van der Waals surface area contributed by atoms with E-state index in [-0.39, 0.29) is 11.7 Å². The molecule has 1 atom stereocenters. The summed E-state index contributed by atoms with van der Waals surface area (Å²) in [6, 6.07) is 14.2. The van der Waals surface area contributed by atoms with Crippen molar-refractivity contribution in [1.82, 2.24) is 14.6 Å². The molecule has 1 aliphatic carbocycles. The minimum Gasteiger partial charge on any atom is -0.493 e. The number of benzene rings is 2. The van der Waals surface area contributed by atoms with Gasteiger partial charge in [-0.3, -0.25) is 4.79 Å². The number of ketones is 1. The summed E-state index contributed by atoms with van der Waals surface area (Å²) >= 11 is 0. The lowest BCUT2D eigenvalue weighted by Crippen LogP contribution is -2.21. The summed E-state index contributed by atoms with van der Waals surface area (Å²) in [6.07, 6.45) is 4.82. The number of hydrogen-bond acceptors (Lipinski definition) is 5. The van der Waals surface area contributed by atoms with Gasteiger partial charge in [-0.1, -0.05) is 35.9 Å².